The van der Waals surface area contributed by atoms with E-state index >= 15 is 0 Å². The normalized spacial score (nSPS) is 11.7. The number of carbonyl (C=O) groups is 2. The third kappa shape index (κ3) is 11.1. The third-order valence-electron chi connectivity index (χ3n) is 5.16. The number of nitrogens with zero attached hydrogens (tertiary/aromatic N) is 2. The van der Waals surface area contributed by atoms with Crippen molar-refractivity contribution in [3.8, 4) is 11.1 Å². The van der Waals surface area contributed by atoms with Crippen molar-refractivity contribution in [3.63, 3.8) is 0 Å². The molecule has 0 radical (unpaired) electrons. The summed E-state index contributed by atoms with van der Waals surface area (Å²) in [5, 5.41) is 11.5. The lowest BCUT2D eigenvalue weighted by Gasteiger charge is -2.27. The summed E-state index contributed by atoms with van der Waals surface area (Å²) in [4.78, 5) is 25.2. The van der Waals surface area contributed by atoms with Gasteiger partial charge in [0.15, 0.2) is 0 Å². The number of benzene rings is 1. The molecule has 0 aliphatic rings. The third-order valence-corrected chi connectivity index (χ3v) is 5.31. The highest BCUT2D eigenvalue weighted by Crippen LogP contribution is 2.24. The van der Waals surface area contributed by atoms with Crippen LogP contribution in [0.3, 0.4) is 0 Å². The largest absolute Gasteiger partial charge is 0.469 e. The van der Waals surface area contributed by atoms with Gasteiger partial charge in [0.1, 0.15) is 6.04 Å². The molecule has 0 bridgehead atoms. The molecule has 1 unspecified atom stereocenters. The zero-order valence-electron chi connectivity index (χ0n) is 21.6. The zero-order chi connectivity index (χ0) is 26.2. The van der Waals surface area contributed by atoms with E-state index in [9.17, 15) is 9.59 Å². The van der Waals surface area contributed by atoms with Gasteiger partial charge in [0.05, 0.1) is 19.2 Å². The summed E-state index contributed by atoms with van der Waals surface area (Å²) in [5.41, 5.74) is 4.64. The van der Waals surface area contributed by atoms with Crippen LogP contribution < -0.4 is 5.32 Å². The van der Waals surface area contributed by atoms with Crippen molar-refractivity contribution < 1.29 is 14.3 Å². The number of aromatic nitrogens is 2. The summed E-state index contributed by atoms with van der Waals surface area (Å²) < 4.78 is 4.55. The van der Waals surface area contributed by atoms with Crippen LogP contribution in [0.1, 0.15) is 38.1 Å². The molecule has 1 amide bonds. The first-order valence-electron chi connectivity index (χ1n) is 11.6. The fourth-order valence-corrected chi connectivity index (χ4v) is 3.48. The second kappa shape index (κ2) is 16.4. The van der Waals surface area contributed by atoms with Crippen LogP contribution in [0.25, 0.3) is 11.1 Å². The Kier molecular flexibility index (Phi) is 13.9. The van der Waals surface area contributed by atoms with Gasteiger partial charge in [0.2, 0.25) is 5.91 Å². The average molecular weight is 499 g/mol. The summed E-state index contributed by atoms with van der Waals surface area (Å²) in [6.45, 7) is 8.48. The maximum atomic E-state index is 12.3. The molecule has 0 spiro atoms. The molecule has 2 N–H and O–H groups in total. The zero-order valence-corrected chi connectivity index (χ0v) is 22.4. The van der Waals surface area contributed by atoms with Crippen LogP contribution in [-0.2, 0) is 14.3 Å². The van der Waals surface area contributed by atoms with Crippen molar-refractivity contribution in [2.24, 2.45) is 5.92 Å². The van der Waals surface area contributed by atoms with Crippen molar-refractivity contribution in [3.05, 3.63) is 66.1 Å². The van der Waals surface area contributed by atoms with Gasteiger partial charge in [-0.1, -0.05) is 68.5 Å². The molecule has 35 heavy (non-hydrogen) atoms. The first-order chi connectivity index (χ1) is 16.7. The van der Waals surface area contributed by atoms with Crippen LogP contribution in [0.15, 0.2) is 54.8 Å². The van der Waals surface area contributed by atoms with Gasteiger partial charge in [-0.2, -0.15) is 5.10 Å². The molecule has 190 valence electrons. The Bertz CT molecular complexity index is 964. The maximum absolute atomic E-state index is 12.3. The monoisotopic (exact) mass is 498 g/mol. The highest BCUT2D eigenvalue weighted by Gasteiger charge is 2.22. The van der Waals surface area contributed by atoms with E-state index in [1.807, 2.05) is 62.3 Å². The maximum Gasteiger partial charge on any atom is 0.307 e. The van der Waals surface area contributed by atoms with Crippen molar-refractivity contribution in [1.29, 1.82) is 0 Å². The molecule has 2 rings (SSSR count). The van der Waals surface area contributed by atoms with E-state index < -0.39 is 0 Å². The Labute approximate surface area is 214 Å². The van der Waals surface area contributed by atoms with Crippen molar-refractivity contribution >= 4 is 29.5 Å². The van der Waals surface area contributed by atoms with Gasteiger partial charge >= 0.3 is 5.97 Å². The Morgan fingerprint density at radius 2 is 1.86 bits per heavy atom. The van der Waals surface area contributed by atoms with Gasteiger partial charge in [0.25, 0.3) is 0 Å². The number of likely N-dealkylation sites (N-methyl/N-ethyl adjacent to an activating group) is 1. The minimum atomic E-state index is -0.334. The molecule has 1 aromatic heterocycles. The number of amides is 1. The highest BCUT2D eigenvalue weighted by atomic mass is 32.1. The minimum Gasteiger partial charge on any atom is -0.469 e. The molecule has 0 fully saturated rings. The average Bonchev–Trinajstić information content (AvgIpc) is 3.18. The van der Waals surface area contributed by atoms with E-state index in [2.05, 4.69) is 46.2 Å². The Morgan fingerprint density at radius 3 is 2.40 bits per heavy atom. The lowest BCUT2D eigenvalue weighted by molar-refractivity contribution is -0.140. The number of ether oxygens (including phenoxy) is 1. The number of allylic oxidation sites excluding steroid dienone is 3. The Morgan fingerprint density at radius 1 is 1.17 bits per heavy atom. The second-order valence-corrected chi connectivity index (χ2v) is 8.74. The molecule has 0 saturated carbocycles. The van der Waals surface area contributed by atoms with Crippen molar-refractivity contribution in [1.82, 2.24) is 20.4 Å². The van der Waals surface area contributed by atoms with E-state index in [1.54, 1.807) is 6.08 Å². The number of thiocarbonyl (C=S) groups is 1. The fourth-order valence-electron chi connectivity index (χ4n) is 3.39. The van der Waals surface area contributed by atoms with E-state index in [1.165, 1.54) is 23.6 Å². The number of carbonyl (C=O) groups excluding carboxylic acids is 2. The fraction of sp³-hybridized carbons (Fsp3) is 0.407. The van der Waals surface area contributed by atoms with Gasteiger partial charge in [-0.05, 0) is 44.0 Å². The summed E-state index contributed by atoms with van der Waals surface area (Å²) >= 11 is 4.70. The Hall–Kier alpha value is -3.26. The summed E-state index contributed by atoms with van der Waals surface area (Å²) in [6.07, 6.45) is 8.12. The molecular formula is C27H38N4O3S. The summed E-state index contributed by atoms with van der Waals surface area (Å²) in [5.74, 6) is -0.0495. The van der Waals surface area contributed by atoms with Crippen LogP contribution in [-0.4, -0.2) is 59.1 Å². The molecule has 1 heterocycles. The van der Waals surface area contributed by atoms with Crippen molar-refractivity contribution in [2.45, 2.75) is 46.6 Å². The number of methoxy groups -OCH3 is 1. The van der Waals surface area contributed by atoms with E-state index in [0.717, 1.165) is 17.8 Å². The topological polar surface area (TPSA) is 87.3 Å². The van der Waals surface area contributed by atoms with E-state index in [0.29, 0.717) is 5.92 Å². The standard InChI is InChI=1S/C16H26N2O3S.C11H12N2/c1-13(2)12-14(18(3)10-6-5-7-11-22)16(20)17-9-8-15(19)21-4;1-8-11(9(2)13-12-8)10-6-4-3-5-7-10/h5-7,10-11,13-14H,8-9,12H2,1-4H3,(H,17,20);3-7H,1-2H3,(H,12,13)/b7-5-,10-6-;. The number of nitrogens with one attached hydrogen (secondary N) is 2. The molecule has 8 heteroatoms. The number of aryl methyl sites for hydroxylation is 2. The predicted octanol–water partition coefficient (Wildman–Crippen LogP) is 4.78. The SMILES string of the molecule is COC(=O)CCNC(=O)C(CC(C)C)N(C)/C=C\C=C/C=S.Cc1n[nH]c(C)c1-c1ccccc1. The quantitative estimate of drug-likeness (QED) is 0.201. The highest BCUT2D eigenvalue weighted by molar-refractivity contribution is 7.79. The number of rotatable bonds is 11. The van der Waals surface area contributed by atoms with Gasteiger partial charge in [-0.25, -0.2) is 0 Å². The second-order valence-electron chi connectivity index (χ2n) is 8.47. The van der Waals surface area contributed by atoms with Crippen LogP contribution >= 0.6 is 12.2 Å². The molecular weight excluding hydrogens is 460 g/mol. The van der Waals surface area contributed by atoms with Gasteiger partial charge in [0, 0.05) is 30.2 Å². The molecule has 0 aliphatic heterocycles. The van der Waals surface area contributed by atoms with Crippen LogP contribution in [0, 0.1) is 19.8 Å². The van der Waals surface area contributed by atoms with Crippen LogP contribution in [0.5, 0.6) is 0 Å². The number of hydrogen-bond donors (Lipinski definition) is 2. The lowest BCUT2D eigenvalue weighted by Crippen LogP contribution is -2.44. The van der Waals surface area contributed by atoms with Gasteiger partial charge < -0.3 is 15.0 Å². The molecule has 0 aliphatic carbocycles. The minimum absolute atomic E-state index is 0.0939. The number of aromatic amines is 1. The number of H-pyrrole nitrogens is 1. The first-order valence-corrected chi connectivity index (χ1v) is 12.1. The van der Waals surface area contributed by atoms with Crippen LogP contribution in [0.4, 0.5) is 0 Å². The first kappa shape index (κ1) is 29.8. The molecule has 1 atom stereocenters. The van der Waals surface area contributed by atoms with Gasteiger partial charge in [-0.3, -0.25) is 14.7 Å². The van der Waals surface area contributed by atoms with Crippen LogP contribution in [0.2, 0.25) is 0 Å². The van der Waals surface area contributed by atoms with Gasteiger partial charge in [-0.15, -0.1) is 0 Å². The molecule has 7 nitrogen and oxygen atoms in total. The summed E-state index contributed by atoms with van der Waals surface area (Å²) in [7, 11) is 3.19. The number of hydrogen-bond acceptors (Lipinski definition) is 6. The predicted molar refractivity (Wildman–Crippen MR) is 146 cm³/mol. The Balaban J connectivity index is 0.000000394. The lowest BCUT2D eigenvalue weighted by atomic mass is 10.0. The summed E-state index contributed by atoms with van der Waals surface area (Å²) in [6, 6.07) is 10.0. The molecule has 1 aromatic carbocycles. The van der Waals surface area contributed by atoms with E-state index in [4.69, 9.17) is 12.2 Å². The molecule has 2 aromatic rings. The number of esters is 1. The van der Waals surface area contributed by atoms with Crippen molar-refractivity contribution in [2.75, 3.05) is 20.7 Å². The smallest absolute Gasteiger partial charge is 0.307 e. The molecule has 0 saturated heterocycles. The van der Waals surface area contributed by atoms with E-state index in [-0.39, 0.29) is 30.9 Å².